The molecule has 0 radical (unpaired) electrons. The Hall–Kier alpha value is -1.17. The van der Waals surface area contributed by atoms with Gasteiger partial charge in [-0.3, -0.25) is 0 Å². The van der Waals surface area contributed by atoms with Gasteiger partial charge in [-0.25, -0.2) is 8.42 Å². The predicted molar refractivity (Wildman–Crippen MR) is 56.6 cm³/mol. The van der Waals surface area contributed by atoms with Crippen LogP contribution >= 0.6 is 0 Å². The Labute approximate surface area is 88.0 Å². The molecule has 5 heteroatoms. The van der Waals surface area contributed by atoms with Crippen molar-refractivity contribution in [2.24, 2.45) is 5.73 Å². The highest BCUT2D eigenvalue weighted by Crippen LogP contribution is 2.32. The first kappa shape index (κ1) is 10.4. The Morgan fingerprint density at radius 2 is 2.07 bits per heavy atom. The molecule has 0 saturated carbocycles. The number of aliphatic hydroxyl groups is 1. The Morgan fingerprint density at radius 3 is 2.67 bits per heavy atom. The first-order valence-electron chi connectivity index (χ1n) is 4.49. The zero-order valence-corrected chi connectivity index (χ0v) is 8.79. The van der Waals surface area contributed by atoms with Gasteiger partial charge < -0.3 is 10.8 Å². The number of fused-ring (bicyclic) bond motifs is 1. The van der Waals surface area contributed by atoms with E-state index in [1.54, 1.807) is 12.1 Å². The Morgan fingerprint density at radius 1 is 1.33 bits per heavy atom. The average molecular weight is 225 g/mol. The van der Waals surface area contributed by atoms with Gasteiger partial charge in [-0.2, -0.15) is 0 Å². The van der Waals surface area contributed by atoms with E-state index in [0.717, 1.165) is 5.56 Å². The summed E-state index contributed by atoms with van der Waals surface area (Å²) in [6.45, 7) is -0.0927. The van der Waals surface area contributed by atoms with Crippen molar-refractivity contribution in [3.63, 3.8) is 0 Å². The molecule has 15 heavy (non-hydrogen) atoms. The van der Waals surface area contributed by atoms with Crippen LogP contribution in [0.2, 0.25) is 0 Å². The maximum absolute atomic E-state index is 11.8. The SMILES string of the molecule is NCc1ccc2c(c1)C=C(CO)S2(=O)=O. The quantitative estimate of drug-likeness (QED) is 0.757. The van der Waals surface area contributed by atoms with Crippen LogP contribution in [-0.4, -0.2) is 20.1 Å². The second kappa shape index (κ2) is 3.44. The zero-order valence-electron chi connectivity index (χ0n) is 7.97. The van der Waals surface area contributed by atoms with Gasteiger partial charge >= 0.3 is 0 Å². The summed E-state index contributed by atoms with van der Waals surface area (Å²) in [5, 5.41) is 8.93. The number of hydrogen-bond donors (Lipinski definition) is 2. The highest BCUT2D eigenvalue weighted by atomic mass is 32.2. The molecule has 2 rings (SSSR count). The monoisotopic (exact) mass is 225 g/mol. The van der Waals surface area contributed by atoms with Gasteiger partial charge in [-0.05, 0) is 29.3 Å². The van der Waals surface area contributed by atoms with E-state index in [1.807, 2.05) is 0 Å². The molecule has 0 aromatic heterocycles. The second-order valence-corrected chi connectivity index (χ2v) is 5.32. The summed E-state index contributed by atoms with van der Waals surface area (Å²) in [6.07, 6.45) is 1.49. The van der Waals surface area contributed by atoms with Gasteiger partial charge in [0.05, 0.1) is 16.4 Å². The molecule has 0 amide bonds. The van der Waals surface area contributed by atoms with Gasteiger partial charge in [0.1, 0.15) is 0 Å². The molecule has 1 aliphatic heterocycles. The summed E-state index contributed by atoms with van der Waals surface area (Å²) in [5.41, 5.74) is 6.95. The lowest BCUT2D eigenvalue weighted by molar-refractivity contribution is 0.339. The van der Waals surface area contributed by atoms with Gasteiger partial charge in [-0.1, -0.05) is 6.07 Å². The first-order chi connectivity index (χ1) is 7.09. The summed E-state index contributed by atoms with van der Waals surface area (Å²) in [7, 11) is -3.45. The highest BCUT2D eigenvalue weighted by Gasteiger charge is 2.28. The van der Waals surface area contributed by atoms with Crippen LogP contribution in [0, 0.1) is 0 Å². The molecule has 3 N–H and O–H groups in total. The van der Waals surface area contributed by atoms with E-state index in [0.29, 0.717) is 12.1 Å². The second-order valence-electron chi connectivity index (χ2n) is 3.35. The van der Waals surface area contributed by atoms with Crippen LogP contribution in [0.5, 0.6) is 0 Å². The summed E-state index contributed by atoms with van der Waals surface area (Å²) >= 11 is 0. The van der Waals surface area contributed by atoms with Crippen molar-refractivity contribution in [1.82, 2.24) is 0 Å². The Bertz CT molecular complexity index is 532. The van der Waals surface area contributed by atoms with Crippen LogP contribution in [0.4, 0.5) is 0 Å². The number of nitrogens with two attached hydrogens (primary N) is 1. The summed E-state index contributed by atoms with van der Waals surface area (Å²) in [4.78, 5) is 0.301. The first-order valence-corrected chi connectivity index (χ1v) is 5.97. The minimum absolute atomic E-state index is 0.0478. The maximum atomic E-state index is 11.8. The molecule has 0 aliphatic carbocycles. The fraction of sp³-hybridized carbons (Fsp3) is 0.200. The minimum Gasteiger partial charge on any atom is -0.391 e. The molecule has 0 saturated heterocycles. The third-order valence-electron chi connectivity index (χ3n) is 2.42. The highest BCUT2D eigenvalue weighted by molar-refractivity contribution is 7.95. The zero-order chi connectivity index (χ0) is 11.1. The standard InChI is InChI=1S/C10H11NO3S/c11-5-7-1-2-10-8(3-7)4-9(6-12)15(10,13)14/h1-4,12H,5-6,11H2. The number of aliphatic hydroxyl groups excluding tert-OH is 1. The molecule has 1 heterocycles. The Balaban J connectivity index is 2.63. The van der Waals surface area contributed by atoms with E-state index in [9.17, 15) is 8.42 Å². The summed E-state index contributed by atoms with van der Waals surface area (Å²) in [5.74, 6) is 0. The summed E-state index contributed by atoms with van der Waals surface area (Å²) < 4.78 is 23.5. The van der Waals surface area contributed by atoms with Gasteiger partial charge in [0.15, 0.2) is 0 Å². The fourth-order valence-corrected chi connectivity index (χ4v) is 3.02. The lowest BCUT2D eigenvalue weighted by Crippen LogP contribution is -2.04. The van der Waals surface area contributed by atoms with E-state index in [4.69, 9.17) is 10.8 Å². The van der Waals surface area contributed by atoms with E-state index < -0.39 is 16.4 Å². The molecular formula is C10H11NO3S. The van der Waals surface area contributed by atoms with Gasteiger partial charge in [0, 0.05) is 6.54 Å². The van der Waals surface area contributed by atoms with Crippen molar-refractivity contribution >= 4 is 15.9 Å². The van der Waals surface area contributed by atoms with Crippen molar-refractivity contribution in [3.8, 4) is 0 Å². The molecular weight excluding hydrogens is 214 g/mol. The molecule has 0 fully saturated rings. The van der Waals surface area contributed by atoms with Gasteiger partial charge in [0.25, 0.3) is 0 Å². The molecule has 80 valence electrons. The van der Waals surface area contributed by atoms with Crippen molar-refractivity contribution in [1.29, 1.82) is 0 Å². The van der Waals surface area contributed by atoms with Crippen molar-refractivity contribution in [2.75, 3.05) is 6.61 Å². The van der Waals surface area contributed by atoms with Crippen molar-refractivity contribution < 1.29 is 13.5 Å². The molecule has 1 aromatic carbocycles. The molecule has 4 nitrogen and oxygen atoms in total. The van der Waals surface area contributed by atoms with Crippen LogP contribution in [-0.2, 0) is 16.4 Å². The third kappa shape index (κ3) is 1.49. The molecule has 0 bridgehead atoms. The lowest BCUT2D eigenvalue weighted by atomic mass is 10.1. The lowest BCUT2D eigenvalue weighted by Gasteiger charge is -2.02. The van der Waals surface area contributed by atoms with Crippen LogP contribution in [0.15, 0.2) is 28.0 Å². The average Bonchev–Trinajstić information content (AvgIpc) is 2.49. The number of rotatable bonds is 2. The third-order valence-corrected chi connectivity index (χ3v) is 4.31. The number of sulfone groups is 1. The largest absolute Gasteiger partial charge is 0.391 e. The molecule has 0 unspecified atom stereocenters. The molecule has 0 spiro atoms. The normalized spacial score (nSPS) is 17.3. The van der Waals surface area contributed by atoms with Gasteiger partial charge in [0.2, 0.25) is 9.84 Å². The number of hydrogen-bond acceptors (Lipinski definition) is 4. The van der Waals surface area contributed by atoms with Gasteiger partial charge in [-0.15, -0.1) is 0 Å². The van der Waals surface area contributed by atoms with E-state index in [2.05, 4.69) is 0 Å². The maximum Gasteiger partial charge on any atom is 0.205 e. The van der Waals surface area contributed by atoms with Crippen LogP contribution < -0.4 is 5.73 Å². The molecule has 1 aliphatic rings. The van der Waals surface area contributed by atoms with Crippen LogP contribution in [0.3, 0.4) is 0 Å². The Kier molecular flexibility index (Phi) is 2.38. The smallest absolute Gasteiger partial charge is 0.205 e. The molecule has 0 atom stereocenters. The predicted octanol–water partition coefficient (Wildman–Crippen LogP) is 0.266. The van der Waals surface area contributed by atoms with E-state index >= 15 is 0 Å². The van der Waals surface area contributed by atoms with Crippen molar-refractivity contribution in [3.05, 3.63) is 34.2 Å². The van der Waals surface area contributed by atoms with E-state index in [1.165, 1.54) is 12.1 Å². The number of benzene rings is 1. The summed E-state index contributed by atoms with van der Waals surface area (Å²) in [6, 6.07) is 4.95. The van der Waals surface area contributed by atoms with Crippen molar-refractivity contribution in [2.45, 2.75) is 11.4 Å². The fourth-order valence-electron chi connectivity index (χ4n) is 1.61. The molecule has 1 aromatic rings. The van der Waals surface area contributed by atoms with Crippen LogP contribution in [0.25, 0.3) is 6.08 Å². The van der Waals surface area contributed by atoms with E-state index in [-0.39, 0.29) is 9.80 Å². The van der Waals surface area contributed by atoms with Crippen LogP contribution in [0.1, 0.15) is 11.1 Å². The topological polar surface area (TPSA) is 80.4 Å². The minimum atomic E-state index is -3.45.